The lowest BCUT2D eigenvalue weighted by atomic mass is 9.93. The molecule has 2 aromatic rings. The SMILES string of the molecule is COC(=O)c1[nH]c(C)c(/C(O)=C2\C(=O)C(=O)N(CCN3CCOCC3)[C@H]2c2ccccc2F)c1C. The van der Waals surface area contributed by atoms with Gasteiger partial charge < -0.3 is 24.5 Å². The number of methoxy groups -OCH3 is 1. The molecule has 1 aromatic heterocycles. The Morgan fingerprint density at radius 1 is 1.20 bits per heavy atom. The normalized spacial score (nSPS) is 20.5. The van der Waals surface area contributed by atoms with Gasteiger partial charge in [-0.25, -0.2) is 9.18 Å². The minimum Gasteiger partial charge on any atom is -0.507 e. The number of benzene rings is 1. The number of carbonyl (C=O) groups excluding carboxylic acids is 3. The second-order valence-corrected chi connectivity index (χ2v) is 8.58. The number of ether oxygens (including phenoxy) is 2. The van der Waals surface area contributed by atoms with Crippen molar-refractivity contribution in [2.24, 2.45) is 0 Å². The van der Waals surface area contributed by atoms with Gasteiger partial charge in [-0.2, -0.15) is 0 Å². The van der Waals surface area contributed by atoms with E-state index < -0.39 is 35.3 Å². The van der Waals surface area contributed by atoms with Crippen LogP contribution in [0.4, 0.5) is 4.39 Å². The maximum Gasteiger partial charge on any atom is 0.354 e. The monoisotopic (exact) mass is 485 g/mol. The van der Waals surface area contributed by atoms with Crippen LogP contribution in [0.5, 0.6) is 0 Å². The topological polar surface area (TPSA) is 112 Å². The van der Waals surface area contributed by atoms with E-state index in [1.165, 1.54) is 30.2 Å². The van der Waals surface area contributed by atoms with E-state index >= 15 is 0 Å². The van der Waals surface area contributed by atoms with E-state index in [-0.39, 0.29) is 28.9 Å². The third-order valence-electron chi connectivity index (χ3n) is 6.56. The number of aromatic amines is 1. The van der Waals surface area contributed by atoms with Crippen molar-refractivity contribution in [2.45, 2.75) is 19.9 Å². The number of H-pyrrole nitrogens is 1. The van der Waals surface area contributed by atoms with E-state index in [1.807, 2.05) is 0 Å². The van der Waals surface area contributed by atoms with E-state index in [0.29, 0.717) is 44.1 Å². The van der Waals surface area contributed by atoms with Crippen LogP contribution in [0.1, 0.15) is 38.9 Å². The molecule has 35 heavy (non-hydrogen) atoms. The molecule has 0 bridgehead atoms. The largest absolute Gasteiger partial charge is 0.507 e. The zero-order valence-corrected chi connectivity index (χ0v) is 19.9. The second kappa shape index (κ2) is 10.0. The van der Waals surface area contributed by atoms with Crippen molar-refractivity contribution in [2.75, 3.05) is 46.5 Å². The van der Waals surface area contributed by atoms with Gasteiger partial charge in [-0.1, -0.05) is 18.2 Å². The average Bonchev–Trinajstić information content (AvgIpc) is 3.29. The highest BCUT2D eigenvalue weighted by molar-refractivity contribution is 6.46. The maximum absolute atomic E-state index is 15.0. The van der Waals surface area contributed by atoms with Gasteiger partial charge in [0.2, 0.25) is 0 Å². The first-order valence-corrected chi connectivity index (χ1v) is 11.4. The number of Topliss-reactive ketones (excluding diaryl/α,β-unsaturated/α-hetero) is 1. The van der Waals surface area contributed by atoms with Crippen LogP contribution in [0.25, 0.3) is 5.76 Å². The standard InChI is InChI=1S/C25H28FN3O6/c1-14-18(15(2)27-20(14)25(33)34-3)22(30)19-21(16-6-4-5-7-17(16)26)29(24(32)23(19)31)9-8-28-10-12-35-13-11-28/h4-7,21,27,30H,8-13H2,1-3H3/b22-19+/t21-/m0/s1. The number of halogens is 1. The molecule has 1 aromatic carbocycles. The highest BCUT2D eigenvalue weighted by Crippen LogP contribution is 2.41. The van der Waals surface area contributed by atoms with E-state index in [1.54, 1.807) is 19.9 Å². The molecule has 1 atom stereocenters. The lowest BCUT2D eigenvalue weighted by Crippen LogP contribution is -2.42. The number of esters is 1. The summed E-state index contributed by atoms with van der Waals surface area (Å²) in [6.07, 6.45) is 0. The lowest BCUT2D eigenvalue weighted by Gasteiger charge is -2.31. The van der Waals surface area contributed by atoms with Crippen molar-refractivity contribution in [3.63, 3.8) is 0 Å². The zero-order chi connectivity index (χ0) is 25.3. The smallest absolute Gasteiger partial charge is 0.354 e. The molecule has 2 aliphatic rings. The summed E-state index contributed by atoms with van der Waals surface area (Å²) in [4.78, 5) is 44.8. The number of hydrogen-bond acceptors (Lipinski definition) is 7. The quantitative estimate of drug-likeness (QED) is 0.280. The summed E-state index contributed by atoms with van der Waals surface area (Å²) in [5.74, 6) is -3.42. The molecule has 0 unspecified atom stereocenters. The van der Waals surface area contributed by atoms with Crippen LogP contribution in [0.3, 0.4) is 0 Å². The Morgan fingerprint density at radius 2 is 1.89 bits per heavy atom. The Kier molecular flexibility index (Phi) is 7.04. The summed E-state index contributed by atoms with van der Waals surface area (Å²) in [5, 5.41) is 11.4. The molecule has 1 amide bonds. The number of amides is 1. The van der Waals surface area contributed by atoms with E-state index in [2.05, 4.69) is 9.88 Å². The molecule has 2 aliphatic heterocycles. The number of nitrogens with one attached hydrogen (secondary N) is 1. The fourth-order valence-corrected chi connectivity index (χ4v) is 4.75. The van der Waals surface area contributed by atoms with Crippen molar-refractivity contribution in [3.05, 3.63) is 63.7 Å². The van der Waals surface area contributed by atoms with Crippen LogP contribution >= 0.6 is 0 Å². The number of rotatable bonds is 6. The van der Waals surface area contributed by atoms with Crippen LogP contribution in [0.2, 0.25) is 0 Å². The summed E-state index contributed by atoms with van der Waals surface area (Å²) in [7, 11) is 1.23. The number of aliphatic hydroxyl groups is 1. The van der Waals surface area contributed by atoms with Crippen molar-refractivity contribution >= 4 is 23.4 Å². The number of morpholine rings is 1. The Bertz CT molecular complexity index is 1200. The third-order valence-corrected chi connectivity index (χ3v) is 6.56. The minimum atomic E-state index is -1.12. The first-order valence-electron chi connectivity index (χ1n) is 11.4. The van der Waals surface area contributed by atoms with Gasteiger partial charge in [-0.05, 0) is 25.5 Å². The molecule has 3 heterocycles. The number of likely N-dealkylation sites (tertiary alicyclic amines) is 1. The summed E-state index contributed by atoms with van der Waals surface area (Å²) >= 11 is 0. The molecular formula is C25H28FN3O6. The number of aromatic nitrogens is 1. The molecule has 0 aliphatic carbocycles. The lowest BCUT2D eigenvalue weighted by molar-refractivity contribution is -0.140. The van der Waals surface area contributed by atoms with Crippen molar-refractivity contribution in [1.82, 2.24) is 14.8 Å². The fraction of sp³-hybridized carbons (Fsp3) is 0.400. The Balaban J connectivity index is 1.82. The molecule has 0 spiro atoms. The molecule has 0 saturated carbocycles. The van der Waals surface area contributed by atoms with E-state index in [0.717, 1.165) is 0 Å². The Labute approximate surface area is 202 Å². The number of nitrogens with zero attached hydrogens (tertiary/aromatic N) is 2. The van der Waals surface area contributed by atoms with Crippen LogP contribution in [-0.2, 0) is 19.1 Å². The number of aliphatic hydroxyl groups excluding tert-OH is 1. The minimum absolute atomic E-state index is 0.106. The second-order valence-electron chi connectivity index (χ2n) is 8.58. The Hall–Kier alpha value is -3.50. The maximum atomic E-state index is 15.0. The highest BCUT2D eigenvalue weighted by atomic mass is 19.1. The Morgan fingerprint density at radius 3 is 2.54 bits per heavy atom. The van der Waals surface area contributed by atoms with Gasteiger partial charge in [-0.15, -0.1) is 0 Å². The van der Waals surface area contributed by atoms with Crippen molar-refractivity contribution < 1.29 is 33.4 Å². The van der Waals surface area contributed by atoms with Crippen molar-refractivity contribution in [1.29, 1.82) is 0 Å². The van der Waals surface area contributed by atoms with Gasteiger partial charge in [0, 0.05) is 43.0 Å². The molecule has 10 heteroatoms. The number of carbonyl (C=O) groups is 3. The number of ketones is 1. The van der Waals surface area contributed by atoms with Crippen molar-refractivity contribution in [3.8, 4) is 0 Å². The van der Waals surface area contributed by atoms with Gasteiger partial charge in [0.25, 0.3) is 11.7 Å². The summed E-state index contributed by atoms with van der Waals surface area (Å²) < 4.78 is 25.1. The molecule has 9 nitrogen and oxygen atoms in total. The molecule has 0 radical (unpaired) electrons. The van der Waals surface area contributed by atoms with Gasteiger partial charge in [-0.3, -0.25) is 14.5 Å². The molecule has 2 saturated heterocycles. The predicted molar refractivity (Wildman–Crippen MR) is 124 cm³/mol. The van der Waals surface area contributed by atoms with Crippen LogP contribution < -0.4 is 0 Å². The van der Waals surface area contributed by atoms with Crippen LogP contribution in [0, 0.1) is 19.7 Å². The van der Waals surface area contributed by atoms with Crippen LogP contribution in [0.15, 0.2) is 29.8 Å². The summed E-state index contributed by atoms with van der Waals surface area (Å²) in [6.45, 7) is 6.38. The van der Waals surface area contributed by atoms with Gasteiger partial charge in [0.15, 0.2) is 0 Å². The molecule has 186 valence electrons. The van der Waals surface area contributed by atoms with E-state index in [9.17, 15) is 23.9 Å². The van der Waals surface area contributed by atoms with E-state index in [4.69, 9.17) is 9.47 Å². The number of hydrogen-bond donors (Lipinski definition) is 2. The summed E-state index contributed by atoms with van der Waals surface area (Å²) in [6, 6.07) is 4.76. The van der Waals surface area contributed by atoms with Crippen LogP contribution in [-0.4, -0.2) is 84.1 Å². The first kappa shape index (κ1) is 24.6. The van der Waals surface area contributed by atoms with Gasteiger partial charge in [0.05, 0.1) is 31.9 Å². The molecule has 4 rings (SSSR count). The molecule has 2 fully saturated rings. The van der Waals surface area contributed by atoms with Gasteiger partial charge >= 0.3 is 5.97 Å². The zero-order valence-electron chi connectivity index (χ0n) is 19.9. The first-order chi connectivity index (χ1) is 16.8. The fourth-order valence-electron chi connectivity index (χ4n) is 4.75. The number of aryl methyl sites for hydroxylation is 1. The summed E-state index contributed by atoms with van der Waals surface area (Å²) in [5.41, 5.74) is 0.984. The predicted octanol–water partition coefficient (Wildman–Crippen LogP) is 2.31. The van der Waals surface area contributed by atoms with Gasteiger partial charge in [0.1, 0.15) is 17.3 Å². The molecular weight excluding hydrogens is 457 g/mol. The molecule has 2 N–H and O–H groups in total. The third kappa shape index (κ3) is 4.46. The average molecular weight is 486 g/mol. The highest BCUT2D eigenvalue weighted by Gasteiger charge is 2.47.